The van der Waals surface area contributed by atoms with E-state index < -0.39 is 21.9 Å². The highest BCUT2D eigenvalue weighted by molar-refractivity contribution is 7.89. The molecular weight excluding hydrogens is 464 g/mol. The first-order chi connectivity index (χ1) is 16.7. The fraction of sp³-hybridized carbons (Fsp3) is 0.222. The predicted octanol–water partition coefficient (Wildman–Crippen LogP) is 4.21. The average molecular weight is 492 g/mol. The smallest absolute Gasteiger partial charge is 0.303 e. The number of pyridine rings is 1. The Morgan fingerprint density at radius 3 is 1.94 bits per heavy atom. The van der Waals surface area contributed by atoms with Crippen LogP contribution in [0.4, 0.5) is 0 Å². The Morgan fingerprint density at radius 2 is 1.40 bits per heavy atom. The molecule has 0 aliphatic carbocycles. The van der Waals surface area contributed by atoms with Gasteiger partial charge in [0.15, 0.2) is 0 Å². The second-order valence-electron chi connectivity index (χ2n) is 8.51. The van der Waals surface area contributed by atoms with E-state index in [2.05, 4.69) is 0 Å². The van der Waals surface area contributed by atoms with Gasteiger partial charge in [0.25, 0.3) is 15.9 Å². The number of aliphatic carboxylic acids is 1. The van der Waals surface area contributed by atoms with E-state index in [0.29, 0.717) is 16.3 Å². The number of hydrogen-bond donors (Lipinski definition) is 1. The van der Waals surface area contributed by atoms with Crippen LogP contribution in [0.3, 0.4) is 0 Å². The van der Waals surface area contributed by atoms with Crippen molar-refractivity contribution in [2.45, 2.75) is 31.1 Å². The van der Waals surface area contributed by atoms with Crippen LogP contribution in [0.5, 0.6) is 0 Å². The monoisotopic (exact) mass is 491 g/mol. The standard InChI is InChI=1S/C27H26N2O5S/c1-19-14-16-20(17-15-19)35(33,34)29(18-8-7-13-25(30)31)27(32)26-21-9-3-5-11-23(21)28(2)24-12-6-4-10-22(24)26/h3-6,9-12,14-17H,7-8,13,18H2,1-2H3/p+1. The first kappa shape index (κ1) is 24.3. The van der Waals surface area contributed by atoms with Gasteiger partial charge in [-0.15, -0.1) is 0 Å². The number of aryl methyl sites for hydroxylation is 2. The van der Waals surface area contributed by atoms with E-state index in [1.165, 1.54) is 12.1 Å². The van der Waals surface area contributed by atoms with E-state index >= 15 is 0 Å². The van der Waals surface area contributed by atoms with Gasteiger partial charge in [0, 0.05) is 25.1 Å². The summed E-state index contributed by atoms with van der Waals surface area (Å²) < 4.78 is 30.3. The predicted molar refractivity (Wildman–Crippen MR) is 134 cm³/mol. The Kier molecular flexibility index (Phi) is 6.84. The number of carbonyl (C=O) groups excluding carboxylic acids is 1. The molecule has 0 saturated carbocycles. The van der Waals surface area contributed by atoms with Gasteiger partial charge in [0.05, 0.1) is 21.2 Å². The Balaban J connectivity index is 1.89. The maximum atomic E-state index is 14.1. The maximum absolute atomic E-state index is 14.1. The zero-order chi connectivity index (χ0) is 25.2. The van der Waals surface area contributed by atoms with Crippen LogP contribution in [0.15, 0.2) is 77.7 Å². The van der Waals surface area contributed by atoms with Crippen molar-refractivity contribution in [2.24, 2.45) is 7.05 Å². The van der Waals surface area contributed by atoms with Crippen molar-refractivity contribution >= 4 is 43.7 Å². The van der Waals surface area contributed by atoms with Crippen LogP contribution in [-0.2, 0) is 21.9 Å². The number of hydrogen-bond acceptors (Lipinski definition) is 4. The van der Waals surface area contributed by atoms with Gasteiger partial charge in [-0.25, -0.2) is 12.7 Å². The van der Waals surface area contributed by atoms with Crippen LogP contribution in [0.25, 0.3) is 21.8 Å². The number of fused-ring (bicyclic) bond motifs is 2. The normalized spacial score (nSPS) is 11.6. The van der Waals surface area contributed by atoms with Gasteiger partial charge in [0.2, 0.25) is 11.0 Å². The van der Waals surface area contributed by atoms with E-state index in [1.807, 2.05) is 67.1 Å². The van der Waals surface area contributed by atoms with Gasteiger partial charge in [-0.05, 0) is 44.0 Å². The van der Waals surface area contributed by atoms with Gasteiger partial charge in [0.1, 0.15) is 7.05 Å². The van der Waals surface area contributed by atoms with Crippen LogP contribution < -0.4 is 4.57 Å². The first-order valence-corrected chi connectivity index (χ1v) is 12.8. The molecule has 0 aliphatic rings. The average Bonchev–Trinajstić information content (AvgIpc) is 2.84. The number of carboxylic acid groups (broad SMARTS) is 1. The zero-order valence-corrected chi connectivity index (χ0v) is 20.5. The van der Waals surface area contributed by atoms with Crippen LogP contribution in [0, 0.1) is 6.92 Å². The number of amides is 1. The van der Waals surface area contributed by atoms with Crippen molar-refractivity contribution in [1.29, 1.82) is 0 Å². The second-order valence-corrected chi connectivity index (χ2v) is 10.4. The first-order valence-electron chi connectivity index (χ1n) is 11.4. The molecule has 4 aromatic rings. The molecule has 0 unspecified atom stereocenters. The van der Waals surface area contributed by atoms with Crippen molar-refractivity contribution in [1.82, 2.24) is 4.31 Å². The molecule has 1 aromatic heterocycles. The molecule has 0 aliphatic heterocycles. The van der Waals surface area contributed by atoms with Gasteiger partial charge < -0.3 is 5.11 Å². The highest BCUT2D eigenvalue weighted by Gasteiger charge is 2.33. The minimum atomic E-state index is -4.18. The topological polar surface area (TPSA) is 95.6 Å². The molecule has 4 rings (SSSR count). The van der Waals surface area contributed by atoms with Crippen LogP contribution in [0.2, 0.25) is 0 Å². The summed E-state index contributed by atoms with van der Waals surface area (Å²) in [5, 5.41) is 10.3. The molecule has 1 amide bonds. The molecule has 1 N–H and O–H groups in total. The van der Waals surface area contributed by atoms with Crippen LogP contribution in [-0.4, -0.2) is 36.3 Å². The van der Waals surface area contributed by atoms with Crippen LogP contribution >= 0.6 is 0 Å². The number of aromatic nitrogens is 1. The second kappa shape index (κ2) is 9.84. The molecule has 0 spiro atoms. The number of benzene rings is 3. The Bertz CT molecular complexity index is 1470. The van der Waals surface area contributed by atoms with Crippen molar-refractivity contribution < 1.29 is 27.7 Å². The fourth-order valence-corrected chi connectivity index (χ4v) is 5.70. The van der Waals surface area contributed by atoms with E-state index in [1.54, 1.807) is 12.1 Å². The highest BCUT2D eigenvalue weighted by Crippen LogP contribution is 2.28. The summed E-state index contributed by atoms with van der Waals surface area (Å²) >= 11 is 0. The Morgan fingerprint density at radius 1 is 0.857 bits per heavy atom. The van der Waals surface area contributed by atoms with E-state index in [-0.39, 0.29) is 30.7 Å². The zero-order valence-electron chi connectivity index (χ0n) is 19.6. The molecule has 0 saturated heterocycles. The summed E-state index contributed by atoms with van der Waals surface area (Å²) in [4.78, 5) is 25.1. The summed E-state index contributed by atoms with van der Waals surface area (Å²) in [5.74, 6) is -1.59. The number of sulfonamides is 1. The van der Waals surface area contributed by atoms with E-state index in [4.69, 9.17) is 5.11 Å². The summed E-state index contributed by atoms with van der Waals surface area (Å²) in [6.45, 7) is 1.74. The number of carbonyl (C=O) groups is 2. The summed E-state index contributed by atoms with van der Waals surface area (Å²) in [6, 6.07) is 21.2. The summed E-state index contributed by atoms with van der Waals surface area (Å²) in [7, 11) is -2.28. The third-order valence-electron chi connectivity index (χ3n) is 6.12. The van der Waals surface area contributed by atoms with Crippen molar-refractivity contribution in [3.8, 4) is 0 Å². The van der Waals surface area contributed by atoms with Crippen LogP contribution in [0.1, 0.15) is 35.2 Å². The van der Waals surface area contributed by atoms with Gasteiger partial charge in [-0.1, -0.05) is 42.0 Å². The molecule has 8 heteroatoms. The van der Waals surface area contributed by atoms with Gasteiger partial charge >= 0.3 is 5.97 Å². The van der Waals surface area contributed by atoms with Crippen molar-refractivity contribution in [3.05, 3.63) is 83.9 Å². The lowest BCUT2D eigenvalue weighted by atomic mass is 10.0. The fourth-order valence-electron chi connectivity index (χ4n) is 4.29. The lowest BCUT2D eigenvalue weighted by Crippen LogP contribution is -2.39. The lowest BCUT2D eigenvalue weighted by molar-refractivity contribution is -0.617. The third kappa shape index (κ3) is 4.74. The summed E-state index contributed by atoms with van der Waals surface area (Å²) in [5.41, 5.74) is 2.81. The number of nitrogens with zero attached hydrogens (tertiary/aromatic N) is 2. The minimum Gasteiger partial charge on any atom is -0.481 e. The third-order valence-corrected chi connectivity index (χ3v) is 7.92. The Labute approximate surface area is 204 Å². The number of para-hydroxylation sites is 2. The molecule has 180 valence electrons. The molecule has 0 radical (unpaired) electrons. The largest absolute Gasteiger partial charge is 0.481 e. The molecule has 3 aromatic carbocycles. The molecule has 7 nitrogen and oxygen atoms in total. The lowest BCUT2D eigenvalue weighted by Gasteiger charge is -2.24. The molecule has 1 heterocycles. The van der Waals surface area contributed by atoms with Crippen molar-refractivity contribution in [3.63, 3.8) is 0 Å². The molecule has 0 bridgehead atoms. The maximum Gasteiger partial charge on any atom is 0.303 e. The SMILES string of the molecule is Cc1ccc(S(=O)(=O)N(CCCCC(=O)O)C(=O)c2c3ccccc3[n+](C)c3ccccc23)cc1. The van der Waals surface area contributed by atoms with Crippen molar-refractivity contribution in [2.75, 3.05) is 6.54 Å². The minimum absolute atomic E-state index is 0.0183. The molecule has 0 atom stereocenters. The number of carboxylic acids is 1. The molecule has 35 heavy (non-hydrogen) atoms. The summed E-state index contributed by atoms with van der Waals surface area (Å²) in [6.07, 6.45) is 0.396. The number of rotatable bonds is 8. The van der Waals surface area contributed by atoms with E-state index in [9.17, 15) is 18.0 Å². The molecular formula is C27H27N2O5S+. The number of unbranched alkanes of at least 4 members (excludes halogenated alkanes) is 1. The Hall–Kier alpha value is -3.78. The van der Waals surface area contributed by atoms with Gasteiger partial charge in [-0.2, -0.15) is 4.57 Å². The molecule has 0 fully saturated rings. The van der Waals surface area contributed by atoms with E-state index in [0.717, 1.165) is 20.9 Å². The highest BCUT2D eigenvalue weighted by atomic mass is 32.2. The quantitative estimate of drug-likeness (QED) is 0.226. The van der Waals surface area contributed by atoms with Gasteiger partial charge in [-0.3, -0.25) is 9.59 Å².